The van der Waals surface area contributed by atoms with Crippen molar-refractivity contribution in [3.8, 4) is 11.3 Å². The molecule has 0 aliphatic heterocycles. The highest BCUT2D eigenvalue weighted by molar-refractivity contribution is 7.85. The van der Waals surface area contributed by atoms with E-state index in [-0.39, 0.29) is 42.2 Å². The van der Waals surface area contributed by atoms with Crippen molar-refractivity contribution in [3.63, 3.8) is 0 Å². The first kappa shape index (κ1) is 24.3. The normalized spacial score (nSPS) is 11.6. The van der Waals surface area contributed by atoms with E-state index in [1.165, 1.54) is 36.4 Å². The summed E-state index contributed by atoms with van der Waals surface area (Å²) in [6, 6.07) is 8.05. The van der Waals surface area contributed by atoms with Crippen LogP contribution in [-0.4, -0.2) is 38.8 Å². The van der Waals surface area contributed by atoms with Crippen molar-refractivity contribution < 1.29 is 35.9 Å². The number of aryl methyl sites for hydroxylation is 1. The van der Waals surface area contributed by atoms with Gasteiger partial charge in [0.1, 0.15) is 22.7 Å². The summed E-state index contributed by atoms with van der Waals surface area (Å²) in [4.78, 5) is 23.8. The van der Waals surface area contributed by atoms with E-state index in [4.69, 9.17) is 9.15 Å². The number of hydrogen-bond acceptors (Lipinski definition) is 8. The summed E-state index contributed by atoms with van der Waals surface area (Å²) < 4.78 is 51.2. The van der Waals surface area contributed by atoms with Crippen LogP contribution in [0.3, 0.4) is 0 Å². The number of esters is 1. The van der Waals surface area contributed by atoms with Crippen molar-refractivity contribution in [3.05, 3.63) is 63.5 Å². The highest BCUT2D eigenvalue weighted by Gasteiger charge is 2.27. The van der Waals surface area contributed by atoms with Gasteiger partial charge in [-0.3, -0.25) is 14.3 Å². The lowest BCUT2D eigenvalue weighted by Gasteiger charge is -2.06. The Balaban J connectivity index is 2.04. The number of benzene rings is 2. The molecule has 0 unspecified atom stereocenters. The average molecular weight is 479 g/mol. The number of rotatable bonds is 10. The second kappa shape index (κ2) is 10.1. The third-order valence-electron chi connectivity index (χ3n) is 4.81. The van der Waals surface area contributed by atoms with Crippen molar-refractivity contribution in [2.75, 3.05) is 19.5 Å². The number of hydrogen-bond donors (Lipinski definition) is 0. The molecule has 1 heterocycles. The minimum absolute atomic E-state index is 0.0383. The second-order valence-corrected chi connectivity index (χ2v) is 8.89. The zero-order valence-electron chi connectivity index (χ0n) is 18.0. The summed E-state index contributed by atoms with van der Waals surface area (Å²) in [5, 5.41) is 12.0. The number of nitro groups is 1. The van der Waals surface area contributed by atoms with E-state index in [9.17, 15) is 27.7 Å². The lowest BCUT2D eigenvalue weighted by atomic mass is 10.0. The van der Waals surface area contributed by atoms with Gasteiger partial charge in [-0.2, -0.15) is 8.42 Å². The SMILES string of the molecule is CCOC(=O)c1c(-c2ccc(F)cc2)oc2cc([N+](=O)[O-])c(CCCCOS(C)(=O)=O)cc12. The molecule has 0 N–H and O–H groups in total. The smallest absolute Gasteiger partial charge is 0.342 e. The van der Waals surface area contributed by atoms with Gasteiger partial charge in [0.25, 0.3) is 15.8 Å². The Morgan fingerprint density at radius 2 is 1.88 bits per heavy atom. The predicted octanol–water partition coefficient (Wildman–Crippen LogP) is 4.62. The molecule has 0 saturated carbocycles. The summed E-state index contributed by atoms with van der Waals surface area (Å²) in [5.41, 5.74) is 0.784. The van der Waals surface area contributed by atoms with Crippen LogP contribution in [0, 0.1) is 15.9 Å². The summed E-state index contributed by atoms with van der Waals surface area (Å²) in [6.45, 7) is 1.71. The van der Waals surface area contributed by atoms with Crippen LogP contribution in [-0.2, 0) is 25.5 Å². The van der Waals surface area contributed by atoms with Gasteiger partial charge in [0.2, 0.25) is 0 Å². The number of nitrogens with zero attached hydrogens (tertiary/aromatic N) is 1. The Morgan fingerprint density at radius 3 is 2.48 bits per heavy atom. The van der Waals surface area contributed by atoms with E-state index >= 15 is 0 Å². The third kappa shape index (κ3) is 5.93. The first-order valence-corrected chi connectivity index (χ1v) is 11.9. The lowest BCUT2D eigenvalue weighted by Crippen LogP contribution is -2.06. The van der Waals surface area contributed by atoms with Gasteiger partial charge < -0.3 is 9.15 Å². The number of fused-ring (bicyclic) bond motifs is 1. The quantitative estimate of drug-likeness (QED) is 0.136. The predicted molar refractivity (Wildman–Crippen MR) is 118 cm³/mol. The fourth-order valence-corrected chi connectivity index (χ4v) is 3.81. The molecule has 0 aliphatic carbocycles. The van der Waals surface area contributed by atoms with Crippen molar-refractivity contribution >= 4 is 32.7 Å². The highest BCUT2D eigenvalue weighted by atomic mass is 32.2. The number of ether oxygens (including phenoxy) is 1. The standard InChI is InChI=1S/C22H22FNO8S/c1-3-30-22(25)20-17-12-15(6-4-5-11-31-33(2,28)29)18(24(26)27)13-19(17)32-21(20)14-7-9-16(23)10-8-14/h7-10,12-13H,3-6,11H2,1-2H3. The number of carbonyl (C=O) groups is 1. The summed E-state index contributed by atoms with van der Waals surface area (Å²) in [6.07, 6.45) is 1.97. The van der Waals surface area contributed by atoms with Gasteiger partial charge in [-0.15, -0.1) is 0 Å². The summed E-state index contributed by atoms with van der Waals surface area (Å²) in [5.74, 6) is -1.02. The maximum Gasteiger partial charge on any atom is 0.342 e. The molecule has 3 aromatic rings. The zero-order chi connectivity index (χ0) is 24.2. The van der Waals surface area contributed by atoms with Crippen LogP contribution in [0.15, 0.2) is 40.8 Å². The van der Waals surface area contributed by atoms with Crippen LogP contribution in [0.2, 0.25) is 0 Å². The molecular weight excluding hydrogens is 457 g/mol. The molecule has 3 rings (SSSR count). The van der Waals surface area contributed by atoms with E-state index in [0.29, 0.717) is 29.4 Å². The number of carbonyl (C=O) groups excluding carboxylic acids is 1. The minimum atomic E-state index is -3.56. The van der Waals surface area contributed by atoms with Crippen LogP contribution < -0.4 is 0 Å². The Bertz CT molecular complexity index is 1280. The fourth-order valence-electron chi connectivity index (χ4n) is 3.39. The van der Waals surface area contributed by atoms with Gasteiger partial charge in [0.15, 0.2) is 0 Å². The Labute approximate surface area is 189 Å². The van der Waals surface area contributed by atoms with Crippen LogP contribution in [0.25, 0.3) is 22.3 Å². The molecule has 0 aliphatic rings. The van der Waals surface area contributed by atoms with Gasteiger partial charge >= 0.3 is 5.97 Å². The zero-order valence-corrected chi connectivity index (χ0v) is 18.8. The highest BCUT2D eigenvalue weighted by Crippen LogP contribution is 2.38. The molecule has 0 bridgehead atoms. The van der Waals surface area contributed by atoms with Crippen molar-refractivity contribution in [1.29, 1.82) is 0 Å². The van der Waals surface area contributed by atoms with Crippen molar-refractivity contribution in [2.24, 2.45) is 0 Å². The molecule has 11 heteroatoms. The largest absolute Gasteiger partial charge is 0.462 e. The molecule has 176 valence electrons. The first-order valence-electron chi connectivity index (χ1n) is 10.1. The number of furan rings is 1. The minimum Gasteiger partial charge on any atom is -0.462 e. The molecule has 0 atom stereocenters. The molecule has 0 radical (unpaired) electrons. The van der Waals surface area contributed by atoms with E-state index in [0.717, 1.165) is 6.26 Å². The summed E-state index contributed by atoms with van der Waals surface area (Å²) >= 11 is 0. The number of nitro benzene ring substituents is 1. The van der Waals surface area contributed by atoms with Gasteiger partial charge in [-0.05, 0) is 56.5 Å². The molecule has 0 fully saturated rings. The Kier molecular flexibility index (Phi) is 7.44. The lowest BCUT2D eigenvalue weighted by molar-refractivity contribution is -0.385. The van der Waals surface area contributed by atoms with Crippen LogP contribution in [0.5, 0.6) is 0 Å². The second-order valence-electron chi connectivity index (χ2n) is 7.25. The molecule has 0 amide bonds. The molecule has 33 heavy (non-hydrogen) atoms. The molecule has 0 saturated heterocycles. The molecule has 0 spiro atoms. The Hall–Kier alpha value is -3.31. The van der Waals surface area contributed by atoms with Crippen LogP contribution >= 0.6 is 0 Å². The van der Waals surface area contributed by atoms with E-state index in [1.54, 1.807) is 6.92 Å². The van der Waals surface area contributed by atoms with E-state index < -0.39 is 26.8 Å². The Morgan fingerprint density at radius 1 is 1.18 bits per heavy atom. The third-order valence-corrected chi connectivity index (χ3v) is 5.40. The fraction of sp³-hybridized carbons (Fsp3) is 0.318. The van der Waals surface area contributed by atoms with Gasteiger partial charge in [0, 0.05) is 16.5 Å². The van der Waals surface area contributed by atoms with Gasteiger partial charge in [0.05, 0.1) is 30.5 Å². The first-order chi connectivity index (χ1) is 15.6. The number of halogens is 1. The van der Waals surface area contributed by atoms with E-state index in [1.807, 2.05) is 0 Å². The average Bonchev–Trinajstić information content (AvgIpc) is 3.11. The van der Waals surface area contributed by atoms with Crippen LogP contribution in [0.4, 0.5) is 10.1 Å². The van der Waals surface area contributed by atoms with Gasteiger partial charge in [-0.25, -0.2) is 9.18 Å². The topological polar surface area (TPSA) is 126 Å². The summed E-state index contributed by atoms with van der Waals surface area (Å²) in [7, 11) is -3.56. The van der Waals surface area contributed by atoms with E-state index in [2.05, 4.69) is 4.18 Å². The van der Waals surface area contributed by atoms with Gasteiger partial charge in [-0.1, -0.05) is 0 Å². The molecular formula is C22H22FNO8S. The van der Waals surface area contributed by atoms with Crippen molar-refractivity contribution in [1.82, 2.24) is 0 Å². The van der Waals surface area contributed by atoms with Crippen LogP contribution in [0.1, 0.15) is 35.7 Å². The monoisotopic (exact) mass is 479 g/mol. The maximum absolute atomic E-state index is 13.4. The number of unbranched alkanes of at least 4 members (excludes halogenated alkanes) is 1. The molecule has 2 aromatic carbocycles. The molecule has 9 nitrogen and oxygen atoms in total. The van der Waals surface area contributed by atoms with Crippen molar-refractivity contribution in [2.45, 2.75) is 26.2 Å². The maximum atomic E-state index is 13.4. The molecule has 1 aromatic heterocycles.